The van der Waals surface area contributed by atoms with Crippen LogP contribution >= 0.6 is 0 Å². The normalized spacial score (nSPS) is 15.4. The maximum absolute atomic E-state index is 12.0. The van der Waals surface area contributed by atoms with Crippen LogP contribution < -0.4 is 0 Å². The molecule has 3 N–H and O–H groups in total. The molecule has 0 aromatic heterocycles. The minimum Gasteiger partial charge on any atom is -0.463 e. The van der Waals surface area contributed by atoms with E-state index in [1.807, 2.05) is 0 Å². The maximum Gasteiger partial charge on any atom is 0.334 e. The van der Waals surface area contributed by atoms with Crippen LogP contribution in [0.1, 0.15) is 91.4 Å². The summed E-state index contributed by atoms with van der Waals surface area (Å²) in [6.07, 6.45) is 6.37. The number of carbonyl (C=O) groups is 2. The lowest BCUT2D eigenvalue weighted by molar-refractivity contribution is -0.167. The smallest absolute Gasteiger partial charge is 0.334 e. The zero-order chi connectivity index (χ0) is 22.1. The molecule has 29 heavy (non-hydrogen) atoms. The first-order valence-electron chi connectivity index (χ1n) is 11.2. The predicted octanol–water partition coefficient (Wildman–Crippen LogP) is 3.12. The molecule has 2 unspecified atom stereocenters. The van der Waals surface area contributed by atoms with Crippen LogP contribution in [-0.4, -0.2) is 59.3 Å². The van der Waals surface area contributed by atoms with Crippen molar-refractivity contribution in [3.8, 4) is 0 Å². The summed E-state index contributed by atoms with van der Waals surface area (Å²) >= 11 is 0. The largest absolute Gasteiger partial charge is 0.463 e. The Balaban J connectivity index is 4.43. The SMILES string of the molecule is CCCCCCC(O)C(=O)OCC(CC)(CO)COC(=O)C(O)CCCCCC. The number of hydrogen-bond donors (Lipinski definition) is 3. The van der Waals surface area contributed by atoms with E-state index >= 15 is 0 Å². The molecular formula is C22H42O7. The van der Waals surface area contributed by atoms with Gasteiger partial charge >= 0.3 is 11.9 Å². The second-order valence-corrected chi connectivity index (χ2v) is 7.96. The van der Waals surface area contributed by atoms with Gasteiger partial charge in [-0.25, -0.2) is 9.59 Å². The molecule has 0 radical (unpaired) electrons. The van der Waals surface area contributed by atoms with E-state index in [1.54, 1.807) is 6.92 Å². The number of carbonyl (C=O) groups excluding carboxylic acids is 2. The van der Waals surface area contributed by atoms with E-state index in [9.17, 15) is 24.9 Å². The average Bonchev–Trinajstić information content (AvgIpc) is 2.74. The van der Waals surface area contributed by atoms with Crippen LogP contribution in [0.25, 0.3) is 0 Å². The lowest BCUT2D eigenvalue weighted by atomic mass is 9.88. The Morgan fingerprint density at radius 1 is 0.759 bits per heavy atom. The van der Waals surface area contributed by atoms with E-state index in [0.29, 0.717) is 19.3 Å². The second kappa shape index (κ2) is 16.6. The number of unbranched alkanes of at least 4 members (excludes halogenated alkanes) is 6. The van der Waals surface area contributed by atoms with Crippen LogP contribution in [0.3, 0.4) is 0 Å². The van der Waals surface area contributed by atoms with Crippen LogP contribution in [0, 0.1) is 5.41 Å². The average molecular weight is 419 g/mol. The summed E-state index contributed by atoms with van der Waals surface area (Å²) in [4.78, 5) is 24.0. The number of aliphatic hydroxyl groups is 3. The summed E-state index contributed by atoms with van der Waals surface area (Å²) in [5, 5.41) is 29.6. The van der Waals surface area contributed by atoms with Crippen LogP contribution in [0.5, 0.6) is 0 Å². The highest BCUT2D eigenvalue weighted by Crippen LogP contribution is 2.23. The topological polar surface area (TPSA) is 113 Å². The molecule has 0 aliphatic heterocycles. The molecule has 0 saturated carbocycles. The van der Waals surface area contributed by atoms with Crippen LogP contribution in [0.2, 0.25) is 0 Å². The van der Waals surface area contributed by atoms with Crippen molar-refractivity contribution in [1.29, 1.82) is 0 Å². The van der Waals surface area contributed by atoms with E-state index in [2.05, 4.69) is 13.8 Å². The Morgan fingerprint density at radius 2 is 1.17 bits per heavy atom. The van der Waals surface area contributed by atoms with Gasteiger partial charge in [-0.05, 0) is 19.3 Å². The monoisotopic (exact) mass is 418 g/mol. The summed E-state index contributed by atoms with van der Waals surface area (Å²) in [6, 6.07) is 0. The fourth-order valence-corrected chi connectivity index (χ4v) is 2.85. The lowest BCUT2D eigenvalue weighted by Gasteiger charge is -2.30. The molecule has 0 aliphatic rings. The van der Waals surface area contributed by atoms with Crippen molar-refractivity contribution >= 4 is 11.9 Å². The Kier molecular flexibility index (Phi) is 15.9. The third-order valence-corrected chi connectivity index (χ3v) is 5.33. The molecule has 172 valence electrons. The van der Waals surface area contributed by atoms with Crippen molar-refractivity contribution in [2.45, 2.75) is 104 Å². The van der Waals surface area contributed by atoms with E-state index in [-0.39, 0.29) is 19.8 Å². The zero-order valence-electron chi connectivity index (χ0n) is 18.5. The molecule has 0 heterocycles. The highest BCUT2D eigenvalue weighted by molar-refractivity contribution is 5.74. The summed E-state index contributed by atoms with van der Waals surface area (Å²) in [5.74, 6) is -1.45. The molecule has 0 bridgehead atoms. The molecule has 0 amide bonds. The molecule has 7 nitrogen and oxygen atoms in total. The highest BCUT2D eigenvalue weighted by atomic mass is 16.6. The Labute approximate surface area is 175 Å². The quantitative estimate of drug-likeness (QED) is 0.231. The Morgan fingerprint density at radius 3 is 1.48 bits per heavy atom. The minimum atomic E-state index is -1.19. The highest BCUT2D eigenvalue weighted by Gasteiger charge is 2.33. The molecule has 0 rings (SSSR count). The van der Waals surface area contributed by atoms with Crippen molar-refractivity contribution < 1.29 is 34.4 Å². The van der Waals surface area contributed by atoms with Crippen LogP contribution in [0.15, 0.2) is 0 Å². The molecule has 7 heteroatoms. The minimum absolute atomic E-state index is 0.162. The number of hydrogen-bond acceptors (Lipinski definition) is 7. The van der Waals surface area contributed by atoms with E-state index in [0.717, 1.165) is 51.4 Å². The van der Waals surface area contributed by atoms with Gasteiger partial charge in [0.05, 0.1) is 12.0 Å². The summed E-state index contributed by atoms with van der Waals surface area (Å²) in [7, 11) is 0. The van der Waals surface area contributed by atoms with Crippen molar-refractivity contribution in [2.24, 2.45) is 5.41 Å². The van der Waals surface area contributed by atoms with E-state index < -0.39 is 29.6 Å². The summed E-state index contributed by atoms with van der Waals surface area (Å²) in [6.45, 7) is 5.29. The number of ether oxygens (including phenoxy) is 2. The van der Waals surface area contributed by atoms with Crippen LogP contribution in [-0.2, 0) is 19.1 Å². The van der Waals surface area contributed by atoms with Gasteiger partial charge in [-0.1, -0.05) is 72.1 Å². The Bertz CT molecular complexity index is 399. The van der Waals surface area contributed by atoms with Crippen molar-refractivity contribution in [2.75, 3.05) is 19.8 Å². The molecule has 0 fully saturated rings. The molecular weight excluding hydrogens is 376 g/mol. The third-order valence-electron chi connectivity index (χ3n) is 5.33. The molecule has 0 aromatic carbocycles. The van der Waals surface area contributed by atoms with Gasteiger partial charge < -0.3 is 24.8 Å². The fraction of sp³-hybridized carbons (Fsp3) is 0.909. The number of esters is 2. The molecule has 0 aromatic rings. The van der Waals surface area contributed by atoms with Gasteiger partial charge in [0.25, 0.3) is 0 Å². The van der Waals surface area contributed by atoms with Gasteiger partial charge in [-0.3, -0.25) is 0 Å². The van der Waals surface area contributed by atoms with Gasteiger partial charge in [-0.15, -0.1) is 0 Å². The fourth-order valence-electron chi connectivity index (χ4n) is 2.85. The first-order valence-corrected chi connectivity index (χ1v) is 11.2. The van der Waals surface area contributed by atoms with Gasteiger partial charge in [0.15, 0.2) is 12.2 Å². The van der Waals surface area contributed by atoms with Gasteiger partial charge in [0, 0.05) is 0 Å². The first-order chi connectivity index (χ1) is 13.9. The van der Waals surface area contributed by atoms with Gasteiger partial charge in [-0.2, -0.15) is 0 Å². The number of rotatable bonds is 18. The Hall–Kier alpha value is -1.18. The summed E-state index contributed by atoms with van der Waals surface area (Å²) in [5.41, 5.74) is -0.949. The van der Waals surface area contributed by atoms with Crippen molar-refractivity contribution in [3.05, 3.63) is 0 Å². The molecule has 0 saturated heterocycles. The van der Waals surface area contributed by atoms with Gasteiger partial charge in [0.1, 0.15) is 13.2 Å². The number of aliphatic hydroxyl groups excluding tert-OH is 3. The van der Waals surface area contributed by atoms with Crippen LogP contribution in [0.4, 0.5) is 0 Å². The maximum atomic E-state index is 12.0. The third kappa shape index (κ3) is 12.2. The standard InChI is InChI=1S/C22H42O7/c1-4-7-9-11-13-18(24)20(26)28-16-22(6-3,15-23)17-29-21(27)19(25)14-12-10-8-5-2/h18-19,23-25H,4-17H2,1-3H3. The summed E-state index contributed by atoms with van der Waals surface area (Å²) < 4.78 is 10.4. The first kappa shape index (κ1) is 27.8. The van der Waals surface area contributed by atoms with Crippen molar-refractivity contribution in [3.63, 3.8) is 0 Å². The lowest BCUT2D eigenvalue weighted by Crippen LogP contribution is -2.40. The van der Waals surface area contributed by atoms with E-state index in [4.69, 9.17) is 9.47 Å². The molecule has 2 atom stereocenters. The van der Waals surface area contributed by atoms with E-state index in [1.165, 1.54) is 0 Å². The van der Waals surface area contributed by atoms with Crippen molar-refractivity contribution in [1.82, 2.24) is 0 Å². The predicted molar refractivity (Wildman–Crippen MR) is 111 cm³/mol. The zero-order valence-corrected chi connectivity index (χ0v) is 18.5. The second-order valence-electron chi connectivity index (χ2n) is 7.96. The van der Waals surface area contributed by atoms with Gasteiger partial charge in [0.2, 0.25) is 0 Å². The molecule has 0 aliphatic carbocycles. The molecule has 0 spiro atoms.